The zero-order valence-electron chi connectivity index (χ0n) is 13.0. The summed E-state index contributed by atoms with van der Waals surface area (Å²) < 4.78 is 27.7. The van der Waals surface area contributed by atoms with E-state index in [0.717, 1.165) is 6.07 Å². The van der Waals surface area contributed by atoms with E-state index < -0.39 is 11.6 Å². The normalized spacial score (nSPS) is 11.2. The summed E-state index contributed by atoms with van der Waals surface area (Å²) in [4.78, 5) is 6.03. The van der Waals surface area contributed by atoms with E-state index in [0.29, 0.717) is 31.5 Å². The van der Waals surface area contributed by atoms with Crippen LogP contribution >= 0.6 is 0 Å². The second kappa shape index (κ2) is 7.41. The maximum absolute atomic E-state index is 14.0. The molecule has 1 heterocycles. The number of pyridine rings is 1. The van der Waals surface area contributed by atoms with Crippen molar-refractivity contribution in [2.45, 2.75) is 34.6 Å². The smallest absolute Gasteiger partial charge is 0.168 e. The molecule has 0 fully saturated rings. The molecule has 5 heteroatoms. The number of aromatic nitrogens is 1. The van der Waals surface area contributed by atoms with Crippen LogP contribution in [0.25, 0.3) is 0 Å². The molecule has 1 N–H and O–H groups in total. The molecule has 0 saturated heterocycles. The number of hydrogen-bond donors (Lipinski definition) is 1. The van der Waals surface area contributed by atoms with Crippen molar-refractivity contribution in [1.82, 2.24) is 4.98 Å². The van der Waals surface area contributed by atoms with Crippen molar-refractivity contribution >= 4 is 11.6 Å². The van der Waals surface area contributed by atoms with Gasteiger partial charge in [0.05, 0.1) is 0 Å². The number of hydrogen-bond acceptors (Lipinski definition) is 3. The van der Waals surface area contributed by atoms with Gasteiger partial charge in [0.2, 0.25) is 0 Å². The highest BCUT2D eigenvalue weighted by atomic mass is 19.1. The fourth-order valence-corrected chi connectivity index (χ4v) is 2.10. The summed E-state index contributed by atoms with van der Waals surface area (Å²) in [5.74, 6) is -0.163. The molecule has 1 rings (SSSR count). The highest BCUT2D eigenvalue weighted by Crippen LogP contribution is 2.24. The summed E-state index contributed by atoms with van der Waals surface area (Å²) in [7, 11) is 0. The van der Waals surface area contributed by atoms with E-state index in [1.54, 1.807) is 0 Å². The first-order valence-electron chi connectivity index (χ1n) is 7.20. The molecule has 0 amide bonds. The molecule has 114 valence electrons. The summed E-state index contributed by atoms with van der Waals surface area (Å²) >= 11 is 0. The quantitative estimate of drug-likeness (QED) is 0.823. The van der Waals surface area contributed by atoms with Crippen molar-refractivity contribution < 1.29 is 8.78 Å². The van der Waals surface area contributed by atoms with Gasteiger partial charge in [-0.2, -0.15) is 0 Å². The summed E-state index contributed by atoms with van der Waals surface area (Å²) in [6.07, 6.45) is 0. The summed E-state index contributed by atoms with van der Waals surface area (Å²) in [6, 6.07) is 0.911. The summed E-state index contributed by atoms with van der Waals surface area (Å²) in [5, 5.41) is 2.83. The first-order valence-corrected chi connectivity index (χ1v) is 7.20. The van der Waals surface area contributed by atoms with Gasteiger partial charge in [0, 0.05) is 25.7 Å². The number of rotatable bonds is 7. The van der Waals surface area contributed by atoms with Gasteiger partial charge in [-0.1, -0.05) is 27.7 Å². The topological polar surface area (TPSA) is 28.2 Å². The van der Waals surface area contributed by atoms with E-state index in [-0.39, 0.29) is 11.6 Å². The second-order valence-corrected chi connectivity index (χ2v) is 5.85. The minimum atomic E-state index is -0.651. The van der Waals surface area contributed by atoms with Crippen LogP contribution in [0.5, 0.6) is 0 Å². The Bertz CT molecular complexity index is 423. The van der Waals surface area contributed by atoms with Crippen LogP contribution in [0, 0.1) is 23.5 Å². The van der Waals surface area contributed by atoms with Crippen molar-refractivity contribution in [3.63, 3.8) is 0 Å². The van der Waals surface area contributed by atoms with Crippen molar-refractivity contribution in [2.24, 2.45) is 11.8 Å². The number of halogens is 2. The lowest BCUT2D eigenvalue weighted by atomic mass is 10.1. The van der Waals surface area contributed by atoms with E-state index in [2.05, 4.69) is 38.0 Å². The van der Waals surface area contributed by atoms with E-state index >= 15 is 0 Å². The first kappa shape index (κ1) is 16.7. The molecule has 0 spiro atoms. The van der Waals surface area contributed by atoms with Gasteiger partial charge in [-0.15, -0.1) is 0 Å². The maximum Gasteiger partial charge on any atom is 0.168 e. The van der Waals surface area contributed by atoms with Crippen molar-refractivity contribution in [1.29, 1.82) is 0 Å². The molecule has 20 heavy (non-hydrogen) atoms. The largest absolute Gasteiger partial charge is 0.368 e. The third kappa shape index (κ3) is 4.62. The SMILES string of the molecule is CCNc1nc(N(CC(C)C)CC(C)C)c(F)cc1F. The summed E-state index contributed by atoms with van der Waals surface area (Å²) in [6.45, 7) is 12.1. The predicted molar refractivity (Wildman–Crippen MR) is 80.2 cm³/mol. The number of nitrogens with one attached hydrogen (secondary N) is 1. The molecule has 0 aromatic carbocycles. The Morgan fingerprint density at radius 2 is 1.65 bits per heavy atom. The Kier molecular flexibility index (Phi) is 6.17. The fraction of sp³-hybridized carbons (Fsp3) is 0.667. The van der Waals surface area contributed by atoms with Gasteiger partial charge in [0.15, 0.2) is 23.3 Å². The minimum absolute atomic E-state index is 0.112. The molecule has 0 saturated carbocycles. The van der Waals surface area contributed by atoms with Crippen LogP contribution in [0.3, 0.4) is 0 Å². The van der Waals surface area contributed by atoms with Crippen LogP contribution in [0.15, 0.2) is 6.07 Å². The van der Waals surface area contributed by atoms with Gasteiger partial charge in [-0.05, 0) is 18.8 Å². The molecule has 3 nitrogen and oxygen atoms in total. The molecule has 0 atom stereocenters. The lowest BCUT2D eigenvalue weighted by molar-refractivity contribution is 0.524. The molecule has 0 aliphatic rings. The van der Waals surface area contributed by atoms with Gasteiger partial charge >= 0.3 is 0 Å². The molecule has 0 radical (unpaired) electrons. The lowest BCUT2D eigenvalue weighted by Gasteiger charge is -2.28. The Morgan fingerprint density at radius 3 is 2.10 bits per heavy atom. The van der Waals surface area contributed by atoms with Crippen LogP contribution in [-0.2, 0) is 0 Å². The highest BCUT2D eigenvalue weighted by molar-refractivity contribution is 5.49. The van der Waals surface area contributed by atoms with Crippen LogP contribution in [-0.4, -0.2) is 24.6 Å². The monoisotopic (exact) mass is 285 g/mol. The molecule has 0 unspecified atom stereocenters. The van der Waals surface area contributed by atoms with E-state index in [4.69, 9.17) is 0 Å². The standard InChI is InChI=1S/C15H25F2N3/c1-6-18-14-12(16)7-13(17)15(19-14)20(8-10(2)3)9-11(4)5/h7,10-11H,6,8-9H2,1-5H3,(H,18,19). The van der Waals surface area contributed by atoms with E-state index in [9.17, 15) is 8.78 Å². The molecule has 0 aliphatic heterocycles. The molecule has 0 aliphatic carbocycles. The van der Waals surface area contributed by atoms with Gasteiger partial charge in [-0.3, -0.25) is 0 Å². The Labute approximate surface area is 120 Å². The molecular weight excluding hydrogens is 260 g/mol. The minimum Gasteiger partial charge on any atom is -0.368 e. The Balaban J connectivity index is 3.13. The number of nitrogens with zero attached hydrogens (tertiary/aromatic N) is 2. The first-order chi connectivity index (χ1) is 9.35. The average Bonchev–Trinajstić information content (AvgIpc) is 2.30. The maximum atomic E-state index is 14.0. The van der Waals surface area contributed by atoms with Crippen LogP contribution < -0.4 is 10.2 Å². The second-order valence-electron chi connectivity index (χ2n) is 5.85. The zero-order valence-corrected chi connectivity index (χ0v) is 13.0. The fourth-order valence-electron chi connectivity index (χ4n) is 2.10. The molecule has 0 bridgehead atoms. The zero-order chi connectivity index (χ0) is 15.3. The van der Waals surface area contributed by atoms with Gasteiger partial charge in [-0.25, -0.2) is 13.8 Å². The third-order valence-corrected chi connectivity index (χ3v) is 2.73. The van der Waals surface area contributed by atoms with Crippen LogP contribution in [0.4, 0.5) is 20.4 Å². The molecule has 1 aromatic heterocycles. The lowest BCUT2D eigenvalue weighted by Crippen LogP contribution is -2.33. The van der Waals surface area contributed by atoms with Crippen molar-refractivity contribution in [3.05, 3.63) is 17.7 Å². The Morgan fingerprint density at radius 1 is 1.10 bits per heavy atom. The molecular formula is C15H25F2N3. The predicted octanol–water partition coefficient (Wildman–Crippen LogP) is 3.91. The molecule has 1 aromatic rings. The van der Waals surface area contributed by atoms with Crippen LogP contribution in [0.1, 0.15) is 34.6 Å². The van der Waals surface area contributed by atoms with E-state index in [1.807, 2.05) is 11.8 Å². The highest BCUT2D eigenvalue weighted by Gasteiger charge is 2.19. The van der Waals surface area contributed by atoms with Crippen molar-refractivity contribution in [3.8, 4) is 0 Å². The number of anilines is 2. The Hall–Kier alpha value is -1.39. The third-order valence-electron chi connectivity index (χ3n) is 2.73. The van der Waals surface area contributed by atoms with E-state index in [1.165, 1.54) is 0 Å². The van der Waals surface area contributed by atoms with Gasteiger partial charge in [0.1, 0.15) is 0 Å². The van der Waals surface area contributed by atoms with Gasteiger partial charge < -0.3 is 10.2 Å². The van der Waals surface area contributed by atoms with Gasteiger partial charge in [0.25, 0.3) is 0 Å². The average molecular weight is 285 g/mol. The van der Waals surface area contributed by atoms with Crippen LogP contribution in [0.2, 0.25) is 0 Å². The summed E-state index contributed by atoms with van der Waals surface area (Å²) in [5.41, 5.74) is 0. The van der Waals surface area contributed by atoms with Crippen molar-refractivity contribution in [2.75, 3.05) is 29.9 Å².